The molecule has 0 saturated carbocycles. The smallest absolute Gasteiger partial charge is 0.416 e. The second kappa shape index (κ2) is 9.07. The minimum atomic E-state index is -4.51. The number of urea groups is 1. The lowest BCUT2D eigenvalue weighted by Gasteiger charge is -2.12. The molecule has 1 heterocycles. The van der Waals surface area contributed by atoms with Gasteiger partial charge in [0.25, 0.3) is 0 Å². The van der Waals surface area contributed by atoms with Crippen molar-refractivity contribution in [2.24, 2.45) is 0 Å². The average Bonchev–Trinajstić information content (AvgIpc) is 3.23. The number of hydrogen-bond acceptors (Lipinski definition) is 3. The predicted molar refractivity (Wildman–Crippen MR) is 120 cm³/mol. The number of carbonyl (C=O) groups excluding carboxylic acids is 1. The fraction of sp³-hybridized carbons (Fsp3) is 0.0833. The quantitative estimate of drug-likeness (QED) is 0.378. The van der Waals surface area contributed by atoms with Gasteiger partial charge < -0.3 is 10.1 Å². The zero-order valence-corrected chi connectivity index (χ0v) is 17.4. The van der Waals surface area contributed by atoms with Gasteiger partial charge in [0.1, 0.15) is 11.6 Å². The van der Waals surface area contributed by atoms with Crippen molar-refractivity contribution in [1.82, 2.24) is 9.78 Å². The summed E-state index contributed by atoms with van der Waals surface area (Å²) in [5, 5.41) is 9.71. The molecule has 0 spiro atoms. The first-order valence-electron chi connectivity index (χ1n) is 9.89. The Morgan fingerprint density at radius 3 is 2.30 bits per heavy atom. The summed E-state index contributed by atoms with van der Waals surface area (Å²) in [6.07, 6.45) is -4.51. The van der Waals surface area contributed by atoms with Gasteiger partial charge in [-0.3, -0.25) is 5.32 Å². The second-order valence-electron chi connectivity index (χ2n) is 7.05. The van der Waals surface area contributed by atoms with Crippen molar-refractivity contribution in [1.29, 1.82) is 0 Å². The van der Waals surface area contributed by atoms with Crippen LogP contribution in [0.4, 0.5) is 29.5 Å². The normalized spacial score (nSPS) is 11.2. The Morgan fingerprint density at radius 2 is 1.64 bits per heavy atom. The number of aromatic nitrogens is 2. The van der Waals surface area contributed by atoms with Gasteiger partial charge in [0.2, 0.25) is 0 Å². The summed E-state index contributed by atoms with van der Waals surface area (Å²) in [6, 6.07) is 21.8. The molecule has 0 saturated heterocycles. The third-order valence-electron chi connectivity index (χ3n) is 4.79. The van der Waals surface area contributed by atoms with Gasteiger partial charge in [-0.2, -0.15) is 18.3 Å². The monoisotopic (exact) mass is 452 g/mol. The fourth-order valence-corrected chi connectivity index (χ4v) is 3.19. The Labute approximate surface area is 187 Å². The highest BCUT2D eigenvalue weighted by molar-refractivity contribution is 5.99. The molecule has 2 N–H and O–H groups in total. The molecule has 0 radical (unpaired) electrons. The second-order valence-corrected chi connectivity index (χ2v) is 7.05. The average molecular weight is 452 g/mol. The van der Waals surface area contributed by atoms with Crippen molar-refractivity contribution in [3.05, 3.63) is 90.5 Å². The van der Waals surface area contributed by atoms with E-state index in [4.69, 9.17) is 4.74 Å². The van der Waals surface area contributed by atoms with Crippen molar-refractivity contribution in [3.63, 3.8) is 0 Å². The van der Waals surface area contributed by atoms with Gasteiger partial charge in [-0.05, 0) is 42.5 Å². The molecule has 1 aromatic heterocycles. The zero-order chi connectivity index (χ0) is 23.4. The molecule has 168 valence electrons. The van der Waals surface area contributed by atoms with Gasteiger partial charge in [-0.25, -0.2) is 9.48 Å². The van der Waals surface area contributed by atoms with Crippen LogP contribution in [-0.2, 0) is 6.18 Å². The Kier molecular flexibility index (Phi) is 6.03. The number of carbonyl (C=O) groups is 1. The van der Waals surface area contributed by atoms with E-state index in [1.54, 1.807) is 37.4 Å². The summed E-state index contributed by atoms with van der Waals surface area (Å²) in [6.45, 7) is 0. The number of methoxy groups -OCH3 is 1. The number of benzene rings is 3. The lowest BCUT2D eigenvalue weighted by molar-refractivity contribution is -0.137. The first kappa shape index (κ1) is 21.9. The molecule has 3 aromatic carbocycles. The molecule has 0 aliphatic heterocycles. The topological polar surface area (TPSA) is 68.2 Å². The highest BCUT2D eigenvalue weighted by Gasteiger charge is 2.30. The van der Waals surface area contributed by atoms with Gasteiger partial charge in [-0.15, -0.1) is 0 Å². The number of amides is 2. The van der Waals surface area contributed by atoms with E-state index >= 15 is 0 Å². The minimum absolute atomic E-state index is 0.0149. The van der Waals surface area contributed by atoms with Gasteiger partial charge in [0, 0.05) is 17.3 Å². The molecule has 4 rings (SSSR count). The van der Waals surface area contributed by atoms with Crippen molar-refractivity contribution < 1.29 is 22.7 Å². The number of nitrogens with one attached hydrogen (secondary N) is 2. The van der Waals surface area contributed by atoms with Crippen LogP contribution in [0.25, 0.3) is 16.9 Å². The lowest BCUT2D eigenvalue weighted by atomic mass is 10.2. The van der Waals surface area contributed by atoms with Crippen LogP contribution in [-0.4, -0.2) is 22.9 Å². The van der Waals surface area contributed by atoms with E-state index in [1.165, 1.54) is 16.8 Å². The van der Waals surface area contributed by atoms with Gasteiger partial charge in [0.05, 0.1) is 24.1 Å². The van der Waals surface area contributed by atoms with Crippen LogP contribution in [0, 0.1) is 0 Å². The fourth-order valence-electron chi connectivity index (χ4n) is 3.19. The third-order valence-corrected chi connectivity index (χ3v) is 4.79. The van der Waals surface area contributed by atoms with Crippen molar-refractivity contribution >= 4 is 17.5 Å². The van der Waals surface area contributed by atoms with Gasteiger partial charge in [-0.1, -0.05) is 36.4 Å². The number of halogens is 3. The molecular formula is C24H19F3N4O2. The van der Waals surface area contributed by atoms with Crippen molar-refractivity contribution in [2.75, 3.05) is 17.7 Å². The number of hydrogen-bond donors (Lipinski definition) is 2. The van der Waals surface area contributed by atoms with Crippen LogP contribution < -0.4 is 15.4 Å². The van der Waals surface area contributed by atoms with Crippen LogP contribution in [0.5, 0.6) is 5.75 Å². The Bertz CT molecular complexity index is 1250. The summed E-state index contributed by atoms with van der Waals surface area (Å²) in [7, 11) is 1.56. The minimum Gasteiger partial charge on any atom is -0.497 e. The van der Waals surface area contributed by atoms with E-state index in [0.29, 0.717) is 22.9 Å². The molecule has 0 aliphatic rings. The van der Waals surface area contributed by atoms with Crippen LogP contribution >= 0.6 is 0 Å². The maximum absolute atomic E-state index is 13.0. The standard InChI is InChI=1S/C24H19F3N4O2/c1-33-20-12-10-19(11-13-20)31-22(15-21(30-31)16-6-3-2-4-7-16)29-23(32)28-18-9-5-8-17(14-18)24(25,26)27/h2-15H,1H3,(H2,28,29,32). The van der Waals surface area contributed by atoms with Crippen LogP contribution in [0.15, 0.2) is 84.9 Å². The maximum atomic E-state index is 13.0. The van der Waals surface area contributed by atoms with E-state index < -0.39 is 17.8 Å². The number of alkyl halides is 3. The van der Waals surface area contributed by atoms with E-state index in [9.17, 15) is 18.0 Å². The van der Waals surface area contributed by atoms with Gasteiger partial charge >= 0.3 is 12.2 Å². The van der Waals surface area contributed by atoms with Crippen LogP contribution in [0.3, 0.4) is 0 Å². The van der Waals surface area contributed by atoms with Crippen molar-refractivity contribution in [3.8, 4) is 22.7 Å². The summed E-state index contributed by atoms with van der Waals surface area (Å²) in [4.78, 5) is 12.6. The molecule has 0 unspecified atom stereocenters. The lowest BCUT2D eigenvalue weighted by Crippen LogP contribution is -2.21. The molecule has 2 amide bonds. The largest absolute Gasteiger partial charge is 0.497 e. The predicted octanol–water partition coefficient (Wildman–Crippen LogP) is 6.21. The number of anilines is 2. The third kappa shape index (κ3) is 5.15. The molecule has 6 nitrogen and oxygen atoms in total. The molecule has 9 heteroatoms. The molecule has 0 fully saturated rings. The first-order valence-corrected chi connectivity index (χ1v) is 9.89. The Balaban J connectivity index is 1.63. The van der Waals surface area contributed by atoms with Crippen molar-refractivity contribution in [2.45, 2.75) is 6.18 Å². The molecule has 0 atom stereocenters. The summed E-state index contributed by atoms with van der Waals surface area (Å²) >= 11 is 0. The van der Waals surface area contributed by atoms with Crippen LogP contribution in [0.2, 0.25) is 0 Å². The Hall–Kier alpha value is -4.27. The van der Waals surface area contributed by atoms with Gasteiger partial charge in [0.15, 0.2) is 0 Å². The highest BCUT2D eigenvalue weighted by Crippen LogP contribution is 2.31. The summed E-state index contributed by atoms with van der Waals surface area (Å²) in [5.74, 6) is 0.995. The maximum Gasteiger partial charge on any atom is 0.416 e. The SMILES string of the molecule is COc1ccc(-n2nc(-c3ccccc3)cc2NC(=O)Nc2cccc(C(F)(F)F)c2)cc1. The molecule has 4 aromatic rings. The Morgan fingerprint density at radius 1 is 0.909 bits per heavy atom. The first-order chi connectivity index (χ1) is 15.8. The van der Waals surface area contributed by atoms with E-state index in [0.717, 1.165) is 17.7 Å². The van der Waals surface area contributed by atoms with E-state index in [1.807, 2.05) is 30.3 Å². The number of rotatable bonds is 5. The van der Waals surface area contributed by atoms with E-state index in [2.05, 4.69) is 15.7 Å². The van der Waals surface area contributed by atoms with Crippen LogP contribution in [0.1, 0.15) is 5.56 Å². The number of ether oxygens (including phenoxy) is 1. The zero-order valence-electron chi connectivity index (χ0n) is 17.4. The molecule has 0 bridgehead atoms. The summed E-state index contributed by atoms with van der Waals surface area (Å²) in [5.41, 5.74) is 1.27. The van der Waals surface area contributed by atoms with E-state index in [-0.39, 0.29) is 5.69 Å². The summed E-state index contributed by atoms with van der Waals surface area (Å²) < 4.78 is 45.6. The molecular weight excluding hydrogens is 433 g/mol. The highest BCUT2D eigenvalue weighted by atomic mass is 19.4. The number of nitrogens with zero attached hydrogens (tertiary/aromatic N) is 2. The molecule has 33 heavy (non-hydrogen) atoms. The molecule has 0 aliphatic carbocycles.